The molecule has 0 heterocycles. The third kappa shape index (κ3) is 9.66. The molecule has 0 amide bonds. The number of halogens is 4. The number of alkyl halides is 3. The monoisotopic (exact) mass is 550 g/mol. The molecule has 37 heavy (non-hydrogen) atoms. The Bertz CT molecular complexity index is 1210. The summed E-state index contributed by atoms with van der Waals surface area (Å²) in [4.78, 5) is 27.4. The second-order valence-electron chi connectivity index (χ2n) is 7.22. The van der Waals surface area contributed by atoms with E-state index in [4.69, 9.17) is 20.7 Å². The van der Waals surface area contributed by atoms with Crippen molar-refractivity contribution in [2.45, 2.75) is 30.0 Å². The van der Waals surface area contributed by atoms with Crippen LogP contribution in [-0.4, -0.2) is 51.7 Å². The lowest BCUT2D eigenvalue weighted by molar-refractivity contribution is -0.202. The molecule has 1 atom stereocenters. The van der Waals surface area contributed by atoms with Gasteiger partial charge in [0.05, 0.1) is 13.2 Å². The highest BCUT2D eigenvalue weighted by Crippen LogP contribution is 2.20. The average molecular weight is 550 g/mol. The number of hydroxylamine groups is 1. The lowest BCUT2D eigenvalue weighted by atomic mass is 10.1. The predicted molar refractivity (Wildman–Crippen MR) is 119 cm³/mol. The first-order chi connectivity index (χ1) is 17.3. The number of esters is 2. The van der Waals surface area contributed by atoms with E-state index < -0.39 is 51.3 Å². The number of hydrogen-bond donors (Lipinski definition) is 4. The Balaban J connectivity index is 2.12. The van der Waals surface area contributed by atoms with E-state index in [-0.39, 0.29) is 24.7 Å². The number of hydrogen-bond acceptors (Lipinski definition) is 8. The SMILES string of the molecule is N=C(N)NOCCCOc1ccc(C[C@H](NS(=O)(=O)c2ccccc2F)C(=O)OC(=O)C(F)(F)F)cc1. The molecule has 0 unspecified atom stereocenters. The van der Waals surface area contributed by atoms with Crippen LogP contribution in [0.5, 0.6) is 5.75 Å². The highest BCUT2D eigenvalue weighted by atomic mass is 32.2. The van der Waals surface area contributed by atoms with Crippen LogP contribution in [0, 0.1) is 11.2 Å². The van der Waals surface area contributed by atoms with Crippen LogP contribution >= 0.6 is 0 Å². The first-order valence-corrected chi connectivity index (χ1v) is 11.8. The van der Waals surface area contributed by atoms with Gasteiger partial charge in [0.1, 0.15) is 22.5 Å². The van der Waals surface area contributed by atoms with E-state index in [9.17, 15) is 35.6 Å². The summed E-state index contributed by atoms with van der Waals surface area (Å²) in [7, 11) is -4.74. The number of nitrogens with two attached hydrogens (primary N) is 1. The number of guanidine groups is 1. The van der Waals surface area contributed by atoms with Gasteiger partial charge in [0.2, 0.25) is 16.0 Å². The zero-order chi connectivity index (χ0) is 27.6. The molecule has 0 bridgehead atoms. The van der Waals surface area contributed by atoms with Crippen molar-refractivity contribution in [3.05, 3.63) is 59.9 Å². The fourth-order valence-electron chi connectivity index (χ4n) is 2.71. The predicted octanol–water partition coefficient (Wildman–Crippen LogP) is 1.53. The quantitative estimate of drug-likeness (QED) is 0.0582. The first-order valence-electron chi connectivity index (χ1n) is 10.3. The van der Waals surface area contributed by atoms with Gasteiger partial charge in [-0.3, -0.25) is 10.2 Å². The molecular weight excluding hydrogens is 528 g/mol. The van der Waals surface area contributed by atoms with Crippen molar-refractivity contribution in [2.75, 3.05) is 13.2 Å². The highest BCUT2D eigenvalue weighted by molar-refractivity contribution is 7.89. The Morgan fingerprint density at radius 3 is 2.30 bits per heavy atom. The van der Waals surface area contributed by atoms with Gasteiger partial charge in [-0.2, -0.15) is 17.9 Å². The molecule has 0 aliphatic carbocycles. The number of carbonyl (C=O) groups is 2. The molecule has 0 saturated heterocycles. The first kappa shape index (κ1) is 29.5. The fourth-order valence-corrected chi connectivity index (χ4v) is 3.98. The average Bonchev–Trinajstić information content (AvgIpc) is 2.81. The van der Waals surface area contributed by atoms with Crippen molar-refractivity contribution >= 4 is 27.9 Å². The zero-order valence-electron chi connectivity index (χ0n) is 18.9. The molecule has 0 saturated carbocycles. The summed E-state index contributed by atoms with van der Waals surface area (Å²) < 4.78 is 87.9. The normalized spacial score (nSPS) is 12.4. The van der Waals surface area contributed by atoms with Crippen molar-refractivity contribution in [2.24, 2.45) is 5.73 Å². The van der Waals surface area contributed by atoms with Crippen molar-refractivity contribution in [1.29, 1.82) is 5.41 Å². The summed E-state index contributed by atoms with van der Waals surface area (Å²) in [6.45, 7) is 0.385. The van der Waals surface area contributed by atoms with E-state index in [1.807, 2.05) is 0 Å². The second kappa shape index (κ2) is 13.0. The van der Waals surface area contributed by atoms with Gasteiger partial charge in [-0.05, 0) is 36.2 Å². The molecule has 0 aliphatic heterocycles. The summed E-state index contributed by atoms with van der Waals surface area (Å²) in [5.74, 6) is -5.84. The minimum Gasteiger partial charge on any atom is -0.494 e. The van der Waals surface area contributed by atoms with E-state index >= 15 is 0 Å². The number of carbonyl (C=O) groups excluding carboxylic acids is 2. The maximum absolute atomic E-state index is 14.0. The standard InChI is InChI=1S/C21H22F4N4O7S/c22-15-4-1-2-5-17(15)37(32,33)29-16(18(30)36-19(31)21(23,24)25)12-13-6-8-14(9-7-13)34-10-3-11-35-28-20(26)27/h1-2,4-9,16,29H,3,10-12H2,(H4,26,27,28)/t16-/m0/s1. The van der Waals surface area contributed by atoms with Crippen molar-refractivity contribution in [1.82, 2.24) is 10.2 Å². The molecular formula is C21H22F4N4O7S. The summed E-state index contributed by atoms with van der Waals surface area (Å²) in [5, 5.41) is 6.93. The Morgan fingerprint density at radius 1 is 1.05 bits per heavy atom. The lowest BCUT2D eigenvalue weighted by Gasteiger charge is -2.18. The molecule has 0 aromatic heterocycles. The van der Waals surface area contributed by atoms with Gasteiger partial charge in [-0.1, -0.05) is 24.3 Å². The topological polar surface area (TPSA) is 170 Å². The second-order valence-corrected chi connectivity index (χ2v) is 8.91. The van der Waals surface area contributed by atoms with Gasteiger partial charge >= 0.3 is 18.1 Å². The molecule has 11 nitrogen and oxygen atoms in total. The minimum atomic E-state index is -5.50. The van der Waals surface area contributed by atoms with Crippen LogP contribution < -0.4 is 20.7 Å². The van der Waals surface area contributed by atoms with Gasteiger partial charge in [-0.15, -0.1) is 0 Å². The van der Waals surface area contributed by atoms with Gasteiger partial charge in [0, 0.05) is 6.42 Å². The highest BCUT2D eigenvalue weighted by Gasteiger charge is 2.44. The molecule has 2 rings (SSSR count). The molecule has 0 radical (unpaired) electrons. The summed E-state index contributed by atoms with van der Waals surface area (Å²) in [6, 6.07) is 7.79. The largest absolute Gasteiger partial charge is 0.494 e. The molecule has 202 valence electrons. The van der Waals surface area contributed by atoms with Crippen LogP contribution in [0.3, 0.4) is 0 Å². The molecule has 0 aliphatic rings. The number of ether oxygens (including phenoxy) is 2. The molecule has 2 aromatic carbocycles. The minimum absolute atomic E-state index is 0.181. The lowest BCUT2D eigenvalue weighted by Crippen LogP contribution is -2.45. The van der Waals surface area contributed by atoms with Crippen LogP contribution in [0.2, 0.25) is 0 Å². The third-order valence-corrected chi connectivity index (χ3v) is 5.84. The third-order valence-electron chi connectivity index (χ3n) is 4.34. The number of sulfonamides is 1. The van der Waals surface area contributed by atoms with Gasteiger partial charge in [-0.25, -0.2) is 27.9 Å². The van der Waals surface area contributed by atoms with Crippen LogP contribution in [0.25, 0.3) is 0 Å². The summed E-state index contributed by atoms with van der Waals surface area (Å²) in [6.07, 6.45) is -5.62. The molecule has 16 heteroatoms. The van der Waals surface area contributed by atoms with Crippen molar-refractivity contribution in [3.63, 3.8) is 0 Å². The Kier molecular flexibility index (Phi) is 10.3. The van der Waals surface area contributed by atoms with Gasteiger partial charge < -0.3 is 15.2 Å². The van der Waals surface area contributed by atoms with E-state index in [2.05, 4.69) is 10.2 Å². The van der Waals surface area contributed by atoms with Gasteiger partial charge in [0.15, 0.2) is 0 Å². The van der Waals surface area contributed by atoms with Crippen molar-refractivity contribution < 1.29 is 49.9 Å². The molecule has 2 aromatic rings. The van der Waals surface area contributed by atoms with Crippen molar-refractivity contribution in [3.8, 4) is 5.75 Å². The fraction of sp³-hybridized carbons (Fsp3) is 0.286. The van der Waals surface area contributed by atoms with E-state index in [0.29, 0.717) is 12.2 Å². The van der Waals surface area contributed by atoms with Crippen LogP contribution in [0.1, 0.15) is 12.0 Å². The van der Waals surface area contributed by atoms with Crippen LogP contribution in [-0.2, 0) is 35.6 Å². The van der Waals surface area contributed by atoms with E-state index in [1.165, 1.54) is 36.4 Å². The molecule has 5 N–H and O–H groups in total. The summed E-state index contributed by atoms with van der Waals surface area (Å²) >= 11 is 0. The molecule has 0 spiro atoms. The maximum atomic E-state index is 14.0. The molecule has 0 fully saturated rings. The summed E-state index contributed by atoms with van der Waals surface area (Å²) in [5.41, 5.74) is 7.44. The Morgan fingerprint density at radius 2 is 1.70 bits per heavy atom. The van der Waals surface area contributed by atoms with Gasteiger partial charge in [0.25, 0.3) is 0 Å². The van der Waals surface area contributed by atoms with Crippen LogP contribution in [0.4, 0.5) is 17.6 Å². The number of rotatable bonds is 12. The zero-order valence-corrected chi connectivity index (χ0v) is 19.7. The Hall–Kier alpha value is -3.76. The van der Waals surface area contributed by atoms with Crippen LogP contribution in [0.15, 0.2) is 53.4 Å². The number of benzene rings is 2. The smallest absolute Gasteiger partial charge is 0.491 e. The van der Waals surface area contributed by atoms with E-state index in [1.54, 1.807) is 4.72 Å². The maximum Gasteiger partial charge on any atom is 0.491 e. The van der Waals surface area contributed by atoms with E-state index in [0.717, 1.165) is 12.1 Å². The Labute approximate surface area is 208 Å². The number of nitrogens with one attached hydrogen (secondary N) is 3.